The molecule has 60 heavy (non-hydrogen) atoms. The molecular weight excluding hydrogens is 749 g/mol. The normalized spacial score (nSPS) is 16.3. The SMILES string of the molecule is Nc1ccccc1NC(=O)CCCCC(=O)NCc1cccc(-c2cccc([C@@H]3O[C@H](CN(Cc4ccccc4)Cc4ccccc4)C[C@H](c4ccc(CO)cc4)O3)c2)c1. The van der Waals surface area contributed by atoms with Gasteiger partial charge in [-0.1, -0.05) is 133 Å². The Hall–Kier alpha value is -6.10. The van der Waals surface area contributed by atoms with E-state index in [1.54, 1.807) is 12.1 Å². The number of aliphatic hydroxyl groups is 1. The van der Waals surface area contributed by atoms with Crippen molar-refractivity contribution in [2.24, 2.45) is 0 Å². The van der Waals surface area contributed by atoms with Gasteiger partial charge in [0.1, 0.15) is 0 Å². The van der Waals surface area contributed by atoms with E-state index in [1.807, 2.05) is 66.7 Å². The molecule has 9 heteroatoms. The molecule has 1 fully saturated rings. The van der Waals surface area contributed by atoms with Crippen molar-refractivity contribution < 1.29 is 24.2 Å². The number of carbonyl (C=O) groups excluding carboxylic acids is 2. The Morgan fingerprint density at radius 2 is 1.25 bits per heavy atom. The molecule has 9 nitrogen and oxygen atoms in total. The molecule has 6 aromatic rings. The lowest BCUT2D eigenvalue weighted by atomic mass is 9.98. The fraction of sp³-hybridized carbons (Fsp3) is 0.255. The first-order chi connectivity index (χ1) is 29.4. The van der Waals surface area contributed by atoms with Gasteiger partial charge in [0, 0.05) is 51.0 Å². The number of nitrogens with one attached hydrogen (secondary N) is 2. The average molecular weight is 803 g/mol. The van der Waals surface area contributed by atoms with Crippen LogP contribution in [0.25, 0.3) is 11.1 Å². The maximum absolute atomic E-state index is 12.7. The zero-order valence-corrected chi connectivity index (χ0v) is 33.9. The third kappa shape index (κ3) is 12.2. The Balaban J connectivity index is 1.00. The lowest BCUT2D eigenvalue weighted by Gasteiger charge is -2.38. The Labute approximate surface area is 353 Å². The van der Waals surface area contributed by atoms with Crippen molar-refractivity contribution in [2.45, 2.75) is 76.8 Å². The first-order valence-electron chi connectivity index (χ1n) is 20.8. The fourth-order valence-electron chi connectivity index (χ4n) is 7.60. The van der Waals surface area contributed by atoms with Gasteiger partial charge in [-0.2, -0.15) is 0 Å². The van der Waals surface area contributed by atoms with Crippen LogP contribution >= 0.6 is 0 Å². The summed E-state index contributed by atoms with van der Waals surface area (Å²) in [5.41, 5.74) is 15.4. The maximum atomic E-state index is 12.7. The van der Waals surface area contributed by atoms with Gasteiger partial charge in [0.25, 0.3) is 0 Å². The van der Waals surface area contributed by atoms with E-state index >= 15 is 0 Å². The van der Waals surface area contributed by atoms with Crippen LogP contribution in [0.2, 0.25) is 0 Å². The Morgan fingerprint density at radius 3 is 1.93 bits per heavy atom. The number of hydrogen-bond donors (Lipinski definition) is 4. The Bertz CT molecular complexity index is 2240. The summed E-state index contributed by atoms with van der Waals surface area (Å²) in [5, 5.41) is 15.6. The lowest BCUT2D eigenvalue weighted by molar-refractivity contribution is -0.253. The van der Waals surface area contributed by atoms with Gasteiger partial charge in [-0.25, -0.2) is 0 Å². The zero-order valence-electron chi connectivity index (χ0n) is 33.9. The van der Waals surface area contributed by atoms with Gasteiger partial charge in [-0.05, 0) is 76.1 Å². The summed E-state index contributed by atoms with van der Waals surface area (Å²) in [6.45, 7) is 2.67. The molecule has 5 N–H and O–H groups in total. The molecule has 3 atom stereocenters. The number of para-hydroxylation sites is 2. The van der Waals surface area contributed by atoms with Gasteiger partial charge < -0.3 is 30.9 Å². The first-order valence-corrected chi connectivity index (χ1v) is 20.8. The van der Waals surface area contributed by atoms with Gasteiger partial charge in [0.2, 0.25) is 11.8 Å². The van der Waals surface area contributed by atoms with Gasteiger partial charge in [-0.3, -0.25) is 14.5 Å². The topological polar surface area (TPSA) is 126 Å². The lowest BCUT2D eigenvalue weighted by Crippen LogP contribution is -2.39. The van der Waals surface area contributed by atoms with Crippen molar-refractivity contribution in [2.75, 3.05) is 17.6 Å². The van der Waals surface area contributed by atoms with E-state index in [9.17, 15) is 14.7 Å². The summed E-state index contributed by atoms with van der Waals surface area (Å²) in [4.78, 5) is 27.5. The molecule has 1 aliphatic heterocycles. The quantitative estimate of drug-likeness (QED) is 0.0504. The number of nitrogen functional groups attached to an aromatic ring is 1. The van der Waals surface area contributed by atoms with E-state index in [1.165, 1.54) is 11.1 Å². The standard InChI is InChI=1S/C51H54N4O5/c52-46-21-7-8-22-47(46)54-50(58)24-10-9-23-49(57)53-32-40-17-11-18-42(29-40)43-19-12-20-44(30-43)51-59-45(31-48(60-51)41-27-25-39(36-56)26-28-41)35-55(33-37-13-3-1-4-14-37)34-38-15-5-2-6-16-38/h1-8,11-22,25-30,45,48,51,56H,9-10,23-24,31-36,52H2,(H,53,57)(H,54,58)/t45-,48+,51+/m0/s1. The number of amides is 2. The van der Waals surface area contributed by atoms with Gasteiger partial charge >= 0.3 is 0 Å². The molecule has 1 heterocycles. The Morgan fingerprint density at radius 1 is 0.633 bits per heavy atom. The first kappa shape index (κ1) is 42.0. The minimum absolute atomic E-state index is 0.0115. The number of nitrogens with zero attached hydrogens (tertiary/aromatic N) is 1. The number of aliphatic hydroxyl groups excluding tert-OH is 1. The maximum Gasteiger partial charge on any atom is 0.224 e. The van der Waals surface area contributed by atoms with Crippen molar-refractivity contribution in [1.29, 1.82) is 0 Å². The summed E-state index contributed by atoms with van der Waals surface area (Å²) in [7, 11) is 0. The molecule has 2 amide bonds. The summed E-state index contributed by atoms with van der Waals surface area (Å²) < 4.78 is 13.6. The molecule has 6 aromatic carbocycles. The molecule has 308 valence electrons. The van der Waals surface area contributed by atoms with Crippen molar-refractivity contribution >= 4 is 23.2 Å². The summed E-state index contributed by atoms with van der Waals surface area (Å²) >= 11 is 0. The van der Waals surface area contributed by atoms with E-state index < -0.39 is 6.29 Å². The highest BCUT2D eigenvalue weighted by Gasteiger charge is 2.33. The summed E-state index contributed by atoms with van der Waals surface area (Å²) in [6, 6.07) is 52.7. The van der Waals surface area contributed by atoms with Gasteiger partial charge in [0.15, 0.2) is 6.29 Å². The molecule has 0 aliphatic carbocycles. The van der Waals surface area contributed by atoms with Crippen LogP contribution in [0, 0.1) is 0 Å². The van der Waals surface area contributed by atoms with Crippen molar-refractivity contribution in [3.63, 3.8) is 0 Å². The smallest absolute Gasteiger partial charge is 0.224 e. The highest BCUT2D eigenvalue weighted by molar-refractivity contribution is 5.93. The van der Waals surface area contributed by atoms with Crippen LogP contribution in [0.5, 0.6) is 0 Å². The van der Waals surface area contributed by atoms with E-state index in [0.29, 0.717) is 56.6 Å². The van der Waals surface area contributed by atoms with Crippen LogP contribution in [-0.2, 0) is 45.3 Å². The van der Waals surface area contributed by atoms with Crippen LogP contribution in [0.4, 0.5) is 11.4 Å². The van der Waals surface area contributed by atoms with E-state index in [4.69, 9.17) is 15.2 Å². The van der Waals surface area contributed by atoms with Crippen LogP contribution in [0.15, 0.2) is 158 Å². The third-order valence-corrected chi connectivity index (χ3v) is 10.8. The number of rotatable bonds is 18. The molecule has 0 radical (unpaired) electrons. The second-order valence-electron chi connectivity index (χ2n) is 15.4. The predicted molar refractivity (Wildman–Crippen MR) is 237 cm³/mol. The van der Waals surface area contributed by atoms with Gasteiger partial charge in [0.05, 0.1) is 30.2 Å². The van der Waals surface area contributed by atoms with Crippen LogP contribution in [0.3, 0.4) is 0 Å². The highest BCUT2D eigenvalue weighted by Crippen LogP contribution is 2.39. The minimum atomic E-state index is -0.605. The summed E-state index contributed by atoms with van der Waals surface area (Å²) in [5.74, 6) is -0.170. The molecule has 0 aromatic heterocycles. The second kappa shape index (κ2) is 21.2. The monoisotopic (exact) mass is 802 g/mol. The summed E-state index contributed by atoms with van der Waals surface area (Å²) in [6.07, 6.45) is 1.61. The van der Waals surface area contributed by atoms with Crippen LogP contribution in [0.1, 0.15) is 77.9 Å². The predicted octanol–water partition coefficient (Wildman–Crippen LogP) is 9.49. The molecular formula is C51H54N4O5. The zero-order chi connectivity index (χ0) is 41.5. The fourth-order valence-corrected chi connectivity index (χ4v) is 7.60. The van der Waals surface area contributed by atoms with Crippen molar-refractivity contribution in [1.82, 2.24) is 10.2 Å². The van der Waals surface area contributed by atoms with Crippen molar-refractivity contribution in [3.05, 3.63) is 191 Å². The molecule has 0 bridgehead atoms. The molecule has 1 aliphatic rings. The van der Waals surface area contributed by atoms with Crippen molar-refractivity contribution in [3.8, 4) is 11.1 Å². The number of unbranched alkanes of at least 4 members (excludes halogenated alkanes) is 1. The molecule has 0 spiro atoms. The van der Waals surface area contributed by atoms with Gasteiger partial charge in [-0.15, -0.1) is 0 Å². The highest BCUT2D eigenvalue weighted by atomic mass is 16.7. The number of carbonyl (C=O) groups is 2. The number of anilines is 2. The third-order valence-electron chi connectivity index (χ3n) is 10.8. The largest absolute Gasteiger partial charge is 0.397 e. The number of benzene rings is 6. The minimum Gasteiger partial charge on any atom is -0.397 e. The number of nitrogens with two attached hydrogens (primary N) is 1. The van der Waals surface area contributed by atoms with Crippen LogP contribution in [-0.4, -0.2) is 34.5 Å². The molecule has 0 unspecified atom stereocenters. The molecule has 0 saturated carbocycles. The molecule has 7 rings (SSSR count). The molecule has 1 saturated heterocycles. The van der Waals surface area contributed by atoms with Crippen LogP contribution < -0.4 is 16.4 Å². The number of ether oxygens (including phenoxy) is 2. The van der Waals surface area contributed by atoms with E-state index in [0.717, 1.165) is 46.5 Å². The number of hydrogen-bond acceptors (Lipinski definition) is 7. The Kier molecular flexibility index (Phi) is 14.9. The second-order valence-corrected chi connectivity index (χ2v) is 15.4. The average Bonchev–Trinajstić information content (AvgIpc) is 3.28. The van der Waals surface area contributed by atoms with E-state index in [-0.39, 0.29) is 30.6 Å². The van der Waals surface area contributed by atoms with E-state index in [2.05, 4.69) is 94.4 Å².